The van der Waals surface area contributed by atoms with Crippen LogP contribution >= 0.6 is 11.3 Å². The van der Waals surface area contributed by atoms with Crippen LogP contribution in [0.25, 0.3) is 10.2 Å². The van der Waals surface area contributed by atoms with Gasteiger partial charge in [0.2, 0.25) is 0 Å². The summed E-state index contributed by atoms with van der Waals surface area (Å²) in [5.41, 5.74) is 7.45. The van der Waals surface area contributed by atoms with E-state index >= 15 is 0 Å². The number of nitrogens with two attached hydrogens (primary N) is 1. The summed E-state index contributed by atoms with van der Waals surface area (Å²) in [5, 5.41) is 0.994. The maximum absolute atomic E-state index is 11.3. The monoisotopic (exact) mass is 321 g/mol. The smallest absolute Gasteiger partial charge is 0.332 e. The van der Waals surface area contributed by atoms with Gasteiger partial charge in [-0.05, 0) is 31.2 Å². The van der Waals surface area contributed by atoms with Crippen LogP contribution in [0, 0.1) is 0 Å². The van der Waals surface area contributed by atoms with Crippen molar-refractivity contribution in [3.63, 3.8) is 0 Å². The minimum Gasteiger partial charge on any atom is -0.456 e. The summed E-state index contributed by atoms with van der Waals surface area (Å²) in [5.74, 6) is 0.486. The lowest BCUT2D eigenvalue weighted by molar-refractivity contribution is -0.149. The molecule has 0 atom stereocenters. The van der Waals surface area contributed by atoms with Gasteiger partial charge in [0.05, 0.1) is 5.39 Å². The predicted molar refractivity (Wildman–Crippen MR) is 84.8 cm³/mol. The van der Waals surface area contributed by atoms with Crippen molar-refractivity contribution in [2.75, 3.05) is 19.5 Å². The van der Waals surface area contributed by atoms with E-state index in [1.807, 2.05) is 0 Å². The number of anilines is 1. The average molecular weight is 321 g/mol. The molecule has 0 saturated heterocycles. The molecule has 2 N–H and O–H groups in total. The van der Waals surface area contributed by atoms with Crippen LogP contribution in [-0.4, -0.2) is 29.7 Å². The molecule has 2 heterocycles. The summed E-state index contributed by atoms with van der Waals surface area (Å²) < 4.78 is 9.77. The van der Waals surface area contributed by atoms with E-state index in [9.17, 15) is 4.79 Å². The lowest BCUT2D eigenvalue weighted by Gasteiger charge is -2.05. The van der Waals surface area contributed by atoms with E-state index in [-0.39, 0.29) is 13.2 Å². The fourth-order valence-corrected chi connectivity index (χ4v) is 4.07. The van der Waals surface area contributed by atoms with Gasteiger partial charge in [-0.1, -0.05) is 6.42 Å². The highest BCUT2D eigenvalue weighted by molar-refractivity contribution is 7.18. The number of carbonyl (C=O) groups is 1. The molecular weight excluding hydrogens is 302 g/mol. The lowest BCUT2D eigenvalue weighted by Crippen LogP contribution is -2.12. The SMILES string of the molecule is COCC(=O)OCc1nc(N)c2c3c(sc2n1)CCCCC3. The average Bonchev–Trinajstić information content (AvgIpc) is 2.68. The molecule has 0 unspecified atom stereocenters. The summed E-state index contributed by atoms with van der Waals surface area (Å²) in [6.45, 7) is -0.0596. The van der Waals surface area contributed by atoms with Crippen molar-refractivity contribution >= 4 is 33.3 Å². The fraction of sp³-hybridized carbons (Fsp3) is 0.533. The third kappa shape index (κ3) is 3.05. The number of nitrogens with zero attached hydrogens (tertiary/aromatic N) is 2. The van der Waals surface area contributed by atoms with Gasteiger partial charge < -0.3 is 15.2 Å². The highest BCUT2D eigenvalue weighted by Gasteiger charge is 2.19. The molecule has 0 amide bonds. The van der Waals surface area contributed by atoms with Crippen LogP contribution in [0.3, 0.4) is 0 Å². The molecule has 0 bridgehead atoms. The van der Waals surface area contributed by atoms with Crippen molar-refractivity contribution in [3.05, 3.63) is 16.3 Å². The quantitative estimate of drug-likeness (QED) is 0.686. The summed E-state index contributed by atoms with van der Waals surface area (Å²) in [6, 6.07) is 0. The predicted octanol–water partition coefficient (Wildman–Crippen LogP) is 2.23. The van der Waals surface area contributed by atoms with Crippen LogP contribution in [0.5, 0.6) is 0 Å². The lowest BCUT2D eigenvalue weighted by atomic mass is 10.1. The van der Waals surface area contributed by atoms with Crippen LogP contribution in [0.15, 0.2) is 0 Å². The van der Waals surface area contributed by atoms with Gasteiger partial charge in [-0.15, -0.1) is 11.3 Å². The Hall–Kier alpha value is -1.73. The zero-order chi connectivity index (χ0) is 15.5. The molecule has 0 fully saturated rings. The number of methoxy groups -OCH3 is 1. The van der Waals surface area contributed by atoms with E-state index in [0.717, 1.165) is 23.1 Å². The Morgan fingerprint density at radius 1 is 1.27 bits per heavy atom. The van der Waals surface area contributed by atoms with Gasteiger partial charge >= 0.3 is 5.97 Å². The Kier molecular flexibility index (Phi) is 4.54. The van der Waals surface area contributed by atoms with Gasteiger partial charge in [0, 0.05) is 12.0 Å². The molecule has 0 radical (unpaired) electrons. The summed E-state index contributed by atoms with van der Waals surface area (Å²) in [4.78, 5) is 22.4. The third-order valence-electron chi connectivity index (χ3n) is 3.76. The first-order chi connectivity index (χ1) is 10.7. The van der Waals surface area contributed by atoms with Crippen molar-refractivity contribution < 1.29 is 14.3 Å². The van der Waals surface area contributed by atoms with E-state index in [1.54, 1.807) is 11.3 Å². The number of aryl methyl sites for hydroxylation is 2. The van der Waals surface area contributed by atoms with Crippen molar-refractivity contribution in [1.82, 2.24) is 9.97 Å². The van der Waals surface area contributed by atoms with E-state index in [0.29, 0.717) is 11.6 Å². The largest absolute Gasteiger partial charge is 0.456 e. The summed E-state index contributed by atoms with van der Waals surface area (Å²) in [7, 11) is 1.44. The number of carbonyl (C=O) groups excluding carboxylic acids is 1. The number of esters is 1. The molecule has 1 aliphatic rings. The Labute approximate surface area is 132 Å². The highest BCUT2D eigenvalue weighted by Crippen LogP contribution is 2.37. The second kappa shape index (κ2) is 6.58. The zero-order valence-electron chi connectivity index (χ0n) is 12.6. The maximum Gasteiger partial charge on any atom is 0.332 e. The number of ether oxygens (including phenoxy) is 2. The number of hydrogen-bond donors (Lipinski definition) is 1. The van der Waals surface area contributed by atoms with E-state index in [4.69, 9.17) is 15.2 Å². The molecule has 0 aromatic carbocycles. The number of thiophene rings is 1. The molecule has 22 heavy (non-hydrogen) atoms. The molecular formula is C15H19N3O3S. The minimum absolute atomic E-state index is 0.0187. The molecule has 0 saturated carbocycles. The van der Waals surface area contributed by atoms with E-state index in [2.05, 4.69) is 9.97 Å². The zero-order valence-corrected chi connectivity index (χ0v) is 13.4. The molecule has 7 heteroatoms. The van der Waals surface area contributed by atoms with Crippen LogP contribution < -0.4 is 5.73 Å². The molecule has 0 aliphatic heterocycles. The van der Waals surface area contributed by atoms with Crippen LogP contribution in [0.4, 0.5) is 5.82 Å². The molecule has 0 spiro atoms. The van der Waals surface area contributed by atoms with Gasteiger partial charge in [0.25, 0.3) is 0 Å². The fourth-order valence-electron chi connectivity index (χ4n) is 2.78. The topological polar surface area (TPSA) is 87.3 Å². The second-order valence-electron chi connectivity index (χ2n) is 5.36. The molecule has 118 valence electrons. The first-order valence-corrected chi connectivity index (χ1v) is 8.22. The van der Waals surface area contributed by atoms with Crippen molar-refractivity contribution in [1.29, 1.82) is 0 Å². The minimum atomic E-state index is -0.438. The van der Waals surface area contributed by atoms with Gasteiger partial charge in [-0.3, -0.25) is 0 Å². The summed E-state index contributed by atoms with van der Waals surface area (Å²) in [6.07, 6.45) is 5.81. The second-order valence-corrected chi connectivity index (χ2v) is 6.45. The normalized spacial score (nSPS) is 14.6. The Balaban J connectivity index is 1.87. The van der Waals surface area contributed by atoms with Crippen molar-refractivity contribution in [2.45, 2.75) is 38.7 Å². The molecule has 2 aromatic rings. The van der Waals surface area contributed by atoms with Crippen LogP contribution in [0.1, 0.15) is 35.5 Å². The van der Waals surface area contributed by atoms with Gasteiger partial charge in [-0.2, -0.15) is 0 Å². The standard InChI is InChI=1S/C15H19N3O3S/c1-20-8-12(19)21-7-11-17-14(16)13-9-5-3-2-4-6-10(9)22-15(13)18-11/h2-8H2,1H3,(H2,16,17,18). The summed E-state index contributed by atoms with van der Waals surface area (Å²) >= 11 is 1.69. The van der Waals surface area contributed by atoms with E-state index < -0.39 is 5.97 Å². The first kappa shape index (κ1) is 15.2. The first-order valence-electron chi connectivity index (χ1n) is 7.40. The molecule has 1 aliphatic carbocycles. The molecule has 3 rings (SSSR count). The van der Waals surface area contributed by atoms with Gasteiger partial charge in [0.15, 0.2) is 12.4 Å². The number of rotatable bonds is 4. The number of aromatic nitrogens is 2. The molecule has 6 nitrogen and oxygen atoms in total. The Morgan fingerprint density at radius 2 is 2.09 bits per heavy atom. The van der Waals surface area contributed by atoms with Gasteiger partial charge in [0.1, 0.15) is 17.3 Å². The number of fused-ring (bicyclic) bond motifs is 3. The van der Waals surface area contributed by atoms with Gasteiger partial charge in [-0.25, -0.2) is 14.8 Å². The highest BCUT2D eigenvalue weighted by atomic mass is 32.1. The Bertz CT molecular complexity index is 699. The van der Waals surface area contributed by atoms with Crippen molar-refractivity contribution in [3.8, 4) is 0 Å². The van der Waals surface area contributed by atoms with Crippen LogP contribution in [0.2, 0.25) is 0 Å². The number of hydrogen-bond acceptors (Lipinski definition) is 7. The van der Waals surface area contributed by atoms with Crippen molar-refractivity contribution in [2.24, 2.45) is 0 Å². The maximum atomic E-state index is 11.3. The van der Waals surface area contributed by atoms with Crippen LogP contribution in [-0.2, 0) is 33.7 Å². The number of nitrogen functional groups attached to an aromatic ring is 1. The van der Waals surface area contributed by atoms with E-state index in [1.165, 1.54) is 36.8 Å². The molecule has 2 aromatic heterocycles. The Morgan fingerprint density at radius 3 is 2.91 bits per heavy atom. The third-order valence-corrected chi connectivity index (χ3v) is 4.95.